The number of fused-ring (bicyclic) bond motifs is 1. The van der Waals surface area contributed by atoms with Gasteiger partial charge in [-0.05, 0) is 48.5 Å². The Hall–Kier alpha value is -4.40. The van der Waals surface area contributed by atoms with E-state index in [1.54, 1.807) is 36.4 Å². The van der Waals surface area contributed by atoms with Gasteiger partial charge in [-0.15, -0.1) is 0 Å². The lowest BCUT2D eigenvalue weighted by Crippen LogP contribution is -2.34. The van der Waals surface area contributed by atoms with Crippen molar-refractivity contribution >= 4 is 22.5 Å². The first kappa shape index (κ1) is 22.8. The maximum absolute atomic E-state index is 13.7. The first-order valence-electron chi connectivity index (χ1n) is 10.1. The van der Waals surface area contributed by atoms with Crippen molar-refractivity contribution in [3.05, 3.63) is 88.2 Å². The molecule has 9 heteroatoms. The predicted molar refractivity (Wildman–Crippen MR) is 123 cm³/mol. The summed E-state index contributed by atoms with van der Waals surface area (Å²) in [5.74, 6) is -2.28. The van der Waals surface area contributed by atoms with Crippen LogP contribution in [0.5, 0.6) is 17.2 Å². The molecule has 34 heavy (non-hydrogen) atoms. The number of ether oxygens (including phenoxy) is 2. The van der Waals surface area contributed by atoms with Crippen LogP contribution in [-0.2, 0) is 0 Å². The summed E-state index contributed by atoms with van der Waals surface area (Å²) >= 11 is 0. The molecule has 1 heterocycles. The summed E-state index contributed by atoms with van der Waals surface area (Å²) in [4.78, 5) is 27.8. The van der Waals surface area contributed by atoms with Crippen LogP contribution in [0.3, 0.4) is 0 Å². The standard InChI is InChI=1S/C25H20F2N2O5/c1-28(17-11-14(26)10-15(27)12-17)24(31)22-23(30)20-9-8-19(34-3)13-21(20)29(25(22)32)16-4-6-18(33-2)7-5-16/h4-13,30H,1-3H3. The van der Waals surface area contributed by atoms with Gasteiger partial charge in [0.1, 0.15) is 34.4 Å². The van der Waals surface area contributed by atoms with Gasteiger partial charge in [-0.25, -0.2) is 8.78 Å². The summed E-state index contributed by atoms with van der Waals surface area (Å²) < 4.78 is 39.1. The molecule has 1 aromatic heterocycles. The monoisotopic (exact) mass is 466 g/mol. The number of nitrogens with zero attached hydrogens (tertiary/aromatic N) is 2. The van der Waals surface area contributed by atoms with Crippen LogP contribution in [0.25, 0.3) is 16.6 Å². The fourth-order valence-electron chi connectivity index (χ4n) is 3.68. The van der Waals surface area contributed by atoms with E-state index in [0.717, 1.165) is 17.0 Å². The Labute approximate surface area is 193 Å². The number of anilines is 1. The number of rotatable bonds is 5. The summed E-state index contributed by atoms with van der Waals surface area (Å²) in [6.07, 6.45) is 0. The van der Waals surface area contributed by atoms with Gasteiger partial charge in [0.2, 0.25) is 0 Å². The topological polar surface area (TPSA) is 81.0 Å². The molecule has 0 aliphatic heterocycles. The van der Waals surface area contributed by atoms with Crippen molar-refractivity contribution in [1.29, 1.82) is 0 Å². The van der Waals surface area contributed by atoms with Crippen LogP contribution < -0.4 is 19.9 Å². The van der Waals surface area contributed by atoms with Gasteiger partial charge in [0.05, 0.1) is 19.7 Å². The Kier molecular flexibility index (Phi) is 5.93. The molecule has 0 fully saturated rings. The zero-order chi connectivity index (χ0) is 24.6. The predicted octanol–water partition coefficient (Wildman–Crippen LogP) is 4.27. The molecule has 3 aromatic carbocycles. The van der Waals surface area contributed by atoms with Crippen LogP contribution >= 0.6 is 0 Å². The first-order valence-corrected chi connectivity index (χ1v) is 10.1. The summed E-state index contributed by atoms with van der Waals surface area (Å²) in [5.41, 5.74) is -0.800. The molecule has 0 saturated carbocycles. The van der Waals surface area contributed by atoms with Crippen molar-refractivity contribution in [2.75, 3.05) is 26.2 Å². The molecule has 0 aliphatic rings. The van der Waals surface area contributed by atoms with Crippen molar-refractivity contribution in [3.8, 4) is 22.9 Å². The molecule has 1 N–H and O–H groups in total. The van der Waals surface area contributed by atoms with E-state index in [1.165, 1.54) is 31.9 Å². The molecule has 0 radical (unpaired) electrons. The number of pyridine rings is 1. The van der Waals surface area contributed by atoms with Gasteiger partial charge in [0.15, 0.2) is 0 Å². The highest BCUT2D eigenvalue weighted by Crippen LogP contribution is 2.32. The third-order valence-corrected chi connectivity index (χ3v) is 5.44. The second-order valence-electron chi connectivity index (χ2n) is 7.44. The van der Waals surface area contributed by atoms with Gasteiger partial charge in [-0.2, -0.15) is 0 Å². The SMILES string of the molecule is COc1ccc(-n2c(=O)c(C(=O)N(C)c3cc(F)cc(F)c3)c(O)c3ccc(OC)cc32)cc1. The summed E-state index contributed by atoms with van der Waals surface area (Å²) in [6.45, 7) is 0. The van der Waals surface area contributed by atoms with Crippen molar-refractivity contribution in [3.63, 3.8) is 0 Å². The number of halogens is 2. The molecule has 4 aromatic rings. The number of aromatic hydroxyl groups is 1. The smallest absolute Gasteiger partial charge is 0.272 e. The van der Waals surface area contributed by atoms with E-state index in [4.69, 9.17) is 9.47 Å². The maximum Gasteiger partial charge on any atom is 0.272 e. The Morgan fingerprint density at radius 2 is 1.50 bits per heavy atom. The molecule has 4 rings (SSSR count). The normalized spacial score (nSPS) is 10.9. The zero-order valence-electron chi connectivity index (χ0n) is 18.5. The van der Waals surface area contributed by atoms with E-state index in [-0.39, 0.29) is 11.1 Å². The maximum atomic E-state index is 13.7. The van der Waals surface area contributed by atoms with Crippen LogP contribution in [0.15, 0.2) is 65.5 Å². The van der Waals surface area contributed by atoms with E-state index < -0.39 is 34.4 Å². The second kappa shape index (κ2) is 8.86. The fourth-order valence-corrected chi connectivity index (χ4v) is 3.68. The van der Waals surface area contributed by atoms with Crippen molar-refractivity contribution in [1.82, 2.24) is 4.57 Å². The molecule has 1 amide bonds. The fraction of sp³-hybridized carbons (Fsp3) is 0.120. The Morgan fingerprint density at radius 1 is 0.912 bits per heavy atom. The van der Waals surface area contributed by atoms with Crippen LogP contribution in [0.2, 0.25) is 0 Å². The number of methoxy groups -OCH3 is 2. The zero-order valence-corrected chi connectivity index (χ0v) is 18.5. The van der Waals surface area contributed by atoms with Crippen LogP contribution in [-0.4, -0.2) is 36.8 Å². The Morgan fingerprint density at radius 3 is 2.09 bits per heavy atom. The number of aromatic nitrogens is 1. The van der Waals surface area contributed by atoms with E-state index in [0.29, 0.717) is 28.8 Å². The van der Waals surface area contributed by atoms with Crippen molar-refractivity contribution in [2.24, 2.45) is 0 Å². The molecular formula is C25H20F2N2O5. The van der Waals surface area contributed by atoms with Gasteiger partial charge in [-0.1, -0.05) is 0 Å². The van der Waals surface area contributed by atoms with Gasteiger partial charge < -0.3 is 19.5 Å². The highest BCUT2D eigenvalue weighted by Gasteiger charge is 2.27. The number of carbonyl (C=O) groups is 1. The molecule has 174 valence electrons. The minimum atomic E-state index is -0.938. The average molecular weight is 466 g/mol. The van der Waals surface area contributed by atoms with Gasteiger partial charge in [0, 0.05) is 35.9 Å². The largest absolute Gasteiger partial charge is 0.506 e. The van der Waals surface area contributed by atoms with E-state index in [1.807, 2.05) is 0 Å². The van der Waals surface area contributed by atoms with Crippen LogP contribution in [0.1, 0.15) is 10.4 Å². The van der Waals surface area contributed by atoms with Crippen molar-refractivity contribution in [2.45, 2.75) is 0 Å². The number of hydrogen-bond donors (Lipinski definition) is 1. The summed E-state index contributed by atoms with van der Waals surface area (Å²) in [6, 6.07) is 13.7. The van der Waals surface area contributed by atoms with E-state index >= 15 is 0 Å². The number of benzene rings is 3. The quantitative estimate of drug-likeness (QED) is 0.475. The average Bonchev–Trinajstić information content (AvgIpc) is 2.83. The molecule has 0 unspecified atom stereocenters. The molecule has 0 bridgehead atoms. The Bertz CT molecular complexity index is 1450. The third-order valence-electron chi connectivity index (χ3n) is 5.44. The minimum Gasteiger partial charge on any atom is -0.506 e. The molecule has 0 atom stereocenters. The number of hydrogen-bond acceptors (Lipinski definition) is 5. The lowest BCUT2D eigenvalue weighted by Gasteiger charge is -2.20. The lowest BCUT2D eigenvalue weighted by atomic mass is 10.1. The van der Waals surface area contributed by atoms with Crippen molar-refractivity contribution < 1.29 is 28.2 Å². The van der Waals surface area contributed by atoms with E-state index in [9.17, 15) is 23.5 Å². The summed E-state index contributed by atoms with van der Waals surface area (Å²) in [5, 5.41) is 11.2. The van der Waals surface area contributed by atoms with E-state index in [2.05, 4.69) is 0 Å². The molecular weight excluding hydrogens is 446 g/mol. The Balaban J connectivity index is 1.98. The van der Waals surface area contributed by atoms with Crippen LogP contribution in [0, 0.1) is 11.6 Å². The molecule has 0 spiro atoms. The molecule has 0 saturated heterocycles. The number of amides is 1. The molecule has 0 aliphatic carbocycles. The van der Waals surface area contributed by atoms with Crippen LogP contribution in [0.4, 0.5) is 14.5 Å². The number of carbonyl (C=O) groups excluding carboxylic acids is 1. The first-order chi connectivity index (χ1) is 16.2. The van der Waals surface area contributed by atoms with Gasteiger partial charge in [-0.3, -0.25) is 14.2 Å². The summed E-state index contributed by atoms with van der Waals surface area (Å²) in [7, 11) is 4.22. The lowest BCUT2D eigenvalue weighted by molar-refractivity contribution is 0.0989. The second-order valence-corrected chi connectivity index (χ2v) is 7.44. The third kappa shape index (κ3) is 3.92. The van der Waals surface area contributed by atoms with Gasteiger partial charge in [0.25, 0.3) is 11.5 Å². The van der Waals surface area contributed by atoms with Gasteiger partial charge >= 0.3 is 0 Å². The molecule has 7 nitrogen and oxygen atoms in total. The highest BCUT2D eigenvalue weighted by atomic mass is 19.1. The highest BCUT2D eigenvalue weighted by molar-refractivity contribution is 6.10. The minimum absolute atomic E-state index is 0.118.